The maximum absolute atomic E-state index is 4.25. The Hall–Kier alpha value is -1.69. The highest BCUT2D eigenvalue weighted by molar-refractivity contribution is 8.13. The molecule has 2 heterocycles. The normalized spacial score (nSPS) is 12.0. The molecule has 2 rings (SSSR count). The highest BCUT2D eigenvalue weighted by Crippen LogP contribution is 2.18. The van der Waals surface area contributed by atoms with E-state index in [9.17, 15) is 0 Å². The molecule has 1 N–H and O–H groups in total. The summed E-state index contributed by atoms with van der Waals surface area (Å²) in [5.74, 6) is 0. The highest BCUT2D eigenvalue weighted by atomic mass is 32.2. The van der Waals surface area contributed by atoms with Crippen molar-refractivity contribution >= 4 is 34.6 Å². The summed E-state index contributed by atoms with van der Waals surface area (Å²) in [5.41, 5.74) is 2.64. The molecule has 0 saturated heterocycles. The minimum atomic E-state index is 0.716. The summed E-state index contributed by atoms with van der Waals surface area (Å²) in [4.78, 5) is 4.25. The summed E-state index contributed by atoms with van der Waals surface area (Å²) in [5, 5.41) is 16.3. The first-order valence-electron chi connectivity index (χ1n) is 4.65. The van der Waals surface area contributed by atoms with Gasteiger partial charge in [0, 0.05) is 29.6 Å². The van der Waals surface area contributed by atoms with Crippen molar-refractivity contribution < 1.29 is 0 Å². The molecule has 0 aliphatic carbocycles. The summed E-state index contributed by atoms with van der Waals surface area (Å²) < 4.78 is 0. The van der Waals surface area contributed by atoms with E-state index in [0.717, 1.165) is 21.7 Å². The Morgan fingerprint density at radius 1 is 1.56 bits per heavy atom. The van der Waals surface area contributed by atoms with Crippen molar-refractivity contribution in [2.45, 2.75) is 6.92 Å². The minimum absolute atomic E-state index is 0.716. The zero-order valence-corrected chi connectivity index (χ0v) is 9.88. The van der Waals surface area contributed by atoms with E-state index in [1.54, 1.807) is 6.20 Å². The van der Waals surface area contributed by atoms with Crippen LogP contribution in [-0.4, -0.2) is 33.2 Å². The number of fused-ring (bicyclic) bond motifs is 1. The molecule has 0 unspecified atom stereocenters. The average molecular weight is 233 g/mol. The number of hydrogen-bond donors (Lipinski definition) is 1. The maximum atomic E-state index is 4.25. The van der Waals surface area contributed by atoms with Crippen LogP contribution in [-0.2, 0) is 0 Å². The van der Waals surface area contributed by atoms with Crippen LogP contribution in [0.15, 0.2) is 22.5 Å². The van der Waals surface area contributed by atoms with Gasteiger partial charge in [0.1, 0.15) is 5.04 Å². The predicted molar refractivity (Wildman–Crippen MR) is 68.2 cm³/mol. The SMILES string of the molecule is C=N/N=C(\SC)c1cnc2n[nH]c(C)c2c1. The van der Waals surface area contributed by atoms with Crippen molar-refractivity contribution in [1.82, 2.24) is 15.2 Å². The fourth-order valence-corrected chi connectivity index (χ4v) is 1.90. The van der Waals surface area contributed by atoms with Gasteiger partial charge < -0.3 is 0 Å². The Morgan fingerprint density at radius 3 is 3.06 bits per heavy atom. The van der Waals surface area contributed by atoms with E-state index in [2.05, 4.69) is 32.1 Å². The van der Waals surface area contributed by atoms with Crippen LogP contribution in [0.1, 0.15) is 11.3 Å². The van der Waals surface area contributed by atoms with Crippen molar-refractivity contribution in [2.24, 2.45) is 10.2 Å². The maximum Gasteiger partial charge on any atom is 0.181 e. The van der Waals surface area contributed by atoms with Gasteiger partial charge in [-0.2, -0.15) is 10.2 Å². The van der Waals surface area contributed by atoms with Crippen LogP contribution in [0.2, 0.25) is 0 Å². The van der Waals surface area contributed by atoms with Gasteiger partial charge in [-0.3, -0.25) is 5.10 Å². The summed E-state index contributed by atoms with van der Waals surface area (Å²) >= 11 is 1.51. The number of aromatic amines is 1. The third-order valence-electron chi connectivity index (χ3n) is 2.20. The number of rotatable bonds is 2. The molecule has 82 valence electrons. The van der Waals surface area contributed by atoms with E-state index in [1.165, 1.54) is 11.8 Å². The summed E-state index contributed by atoms with van der Waals surface area (Å²) in [7, 11) is 0. The molecule has 0 amide bonds. The lowest BCUT2D eigenvalue weighted by Crippen LogP contribution is -1.95. The first-order chi connectivity index (χ1) is 7.76. The van der Waals surface area contributed by atoms with Gasteiger partial charge in [-0.25, -0.2) is 4.98 Å². The summed E-state index contributed by atoms with van der Waals surface area (Å²) in [6.07, 6.45) is 3.68. The van der Waals surface area contributed by atoms with Crippen molar-refractivity contribution in [3.63, 3.8) is 0 Å². The van der Waals surface area contributed by atoms with E-state index in [-0.39, 0.29) is 0 Å². The Labute approximate surface area is 97.1 Å². The molecule has 6 heteroatoms. The number of nitrogens with one attached hydrogen (secondary N) is 1. The smallest absolute Gasteiger partial charge is 0.181 e. The lowest BCUT2D eigenvalue weighted by Gasteiger charge is -2.00. The van der Waals surface area contributed by atoms with Crippen molar-refractivity contribution in [3.05, 3.63) is 23.5 Å². The van der Waals surface area contributed by atoms with Gasteiger partial charge >= 0.3 is 0 Å². The van der Waals surface area contributed by atoms with Gasteiger partial charge in [0.05, 0.1) is 0 Å². The fourth-order valence-electron chi connectivity index (χ4n) is 1.42. The molecule has 0 aromatic carbocycles. The molecule has 0 aliphatic heterocycles. The van der Waals surface area contributed by atoms with Gasteiger partial charge in [-0.05, 0) is 19.2 Å². The van der Waals surface area contributed by atoms with E-state index in [4.69, 9.17) is 0 Å². The zero-order chi connectivity index (χ0) is 11.5. The quantitative estimate of drug-likeness (QED) is 0.490. The average Bonchev–Trinajstić information content (AvgIpc) is 2.68. The lowest BCUT2D eigenvalue weighted by atomic mass is 10.2. The molecule has 0 saturated carbocycles. The monoisotopic (exact) mass is 233 g/mol. The van der Waals surface area contributed by atoms with Gasteiger partial charge in [-0.1, -0.05) is 0 Å². The fraction of sp³-hybridized carbons (Fsp3) is 0.200. The van der Waals surface area contributed by atoms with Crippen molar-refractivity contribution in [2.75, 3.05) is 6.26 Å². The minimum Gasteiger partial charge on any atom is -0.280 e. The molecular formula is C10H11N5S. The molecule has 16 heavy (non-hydrogen) atoms. The standard InChI is InChI=1S/C10H11N5S/c1-6-8-4-7(10(16-3)15-11-2)5-12-9(8)14-13-6/h4-5H,2H2,1,3H3,(H,12,13,14)/b15-10-. The van der Waals surface area contributed by atoms with E-state index in [1.807, 2.05) is 19.2 Å². The lowest BCUT2D eigenvalue weighted by molar-refractivity contribution is 1.05. The summed E-state index contributed by atoms with van der Waals surface area (Å²) in [6, 6.07) is 2.00. The van der Waals surface area contributed by atoms with Gasteiger partial charge in [-0.15, -0.1) is 16.9 Å². The Kier molecular flexibility index (Phi) is 3.00. The van der Waals surface area contributed by atoms with Gasteiger partial charge in [0.15, 0.2) is 5.65 Å². The third-order valence-corrected chi connectivity index (χ3v) is 2.91. The van der Waals surface area contributed by atoms with Crippen LogP contribution < -0.4 is 0 Å². The van der Waals surface area contributed by atoms with Crippen LogP contribution >= 0.6 is 11.8 Å². The van der Waals surface area contributed by atoms with Crippen molar-refractivity contribution in [1.29, 1.82) is 0 Å². The molecule has 5 nitrogen and oxygen atoms in total. The topological polar surface area (TPSA) is 66.3 Å². The summed E-state index contributed by atoms with van der Waals surface area (Å²) in [6.45, 7) is 5.31. The Morgan fingerprint density at radius 2 is 2.38 bits per heavy atom. The predicted octanol–water partition coefficient (Wildman–Crippen LogP) is 1.99. The van der Waals surface area contributed by atoms with E-state index >= 15 is 0 Å². The molecule has 0 aliphatic rings. The van der Waals surface area contributed by atoms with Gasteiger partial charge in [0.25, 0.3) is 0 Å². The number of thioether (sulfide) groups is 1. The second-order valence-corrected chi connectivity index (χ2v) is 3.99. The van der Waals surface area contributed by atoms with Crippen LogP contribution in [0.25, 0.3) is 11.0 Å². The second-order valence-electron chi connectivity index (χ2n) is 3.19. The van der Waals surface area contributed by atoms with Crippen LogP contribution in [0.4, 0.5) is 0 Å². The number of aryl methyl sites for hydroxylation is 1. The molecule has 2 aromatic heterocycles. The van der Waals surface area contributed by atoms with Crippen LogP contribution in [0, 0.1) is 6.92 Å². The Bertz CT molecular complexity index is 557. The second kappa shape index (κ2) is 4.44. The van der Waals surface area contributed by atoms with E-state index < -0.39 is 0 Å². The number of hydrogen-bond acceptors (Lipinski definition) is 5. The highest BCUT2D eigenvalue weighted by Gasteiger charge is 2.07. The van der Waals surface area contributed by atoms with Crippen molar-refractivity contribution in [3.8, 4) is 0 Å². The first kappa shape index (κ1) is 10.8. The van der Waals surface area contributed by atoms with Crippen LogP contribution in [0.5, 0.6) is 0 Å². The molecule has 0 atom stereocenters. The largest absolute Gasteiger partial charge is 0.280 e. The van der Waals surface area contributed by atoms with Gasteiger partial charge in [0.2, 0.25) is 0 Å². The molecule has 0 radical (unpaired) electrons. The Balaban J connectivity index is 2.57. The number of nitrogens with zero attached hydrogens (tertiary/aromatic N) is 4. The third kappa shape index (κ3) is 1.83. The first-order valence-corrected chi connectivity index (χ1v) is 5.87. The molecule has 0 spiro atoms. The van der Waals surface area contributed by atoms with Crippen LogP contribution in [0.3, 0.4) is 0 Å². The molecular weight excluding hydrogens is 222 g/mol. The van der Waals surface area contributed by atoms with E-state index in [0.29, 0.717) is 5.65 Å². The molecule has 0 bridgehead atoms. The molecule has 0 fully saturated rings. The number of H-pyrrole nitrogens is 1. The molecule has 2 aromatic rings. The number of pyridine rings is 1. The zero-order valence-electron chi connectivity index (χ0n) is 9.06. The number of aromatic nitrogens is 3.